The fourth-order valence-corrected chi connectivity index (χ4v) is 2.60. The lowest BCUT2D eigenvalue weighted by Crippen LogP contribution is -2.21. The van der Waals surface area contributed by atoms with Crippen LogP contribution in [0.3, 0.4) is 0 Å². The minimum Gasteiger partial charge on any atom is -0.294 e. The van der Waals surface area contributed by atoms with Gasteiger partial charge in [-0.1, -0.05) is 12.1 Å². The Bertz CT molecular complexity index is 1070. The van der Waals surface area contributed by atoms with E-state index >= 15 is 0 Å². The lowest BCUT2D eigenvalue weighted by atomic mass is 10.1. The fraction of sp³-hybridized carbons (Fsp3) is 0.125. The average molecular weight is 340 g/mol. The van der Waals surface area contributed by atoms with Crippen LogP contribution in [-0.4, -0.2) is 19.4 Å². The van der Waals surface area contributed by atoms with E-state index in [2.05, 4.69) is 4.98 Å². The maximum Gasteiger partial charge on any atom is 0.272 e. The first kappa shape index (κ1) is 16.2. The first-order valence-corrected chi connectivity index (χ1v) is 7.25. The predicted molar refractivity (Wildman–Crippen MR) is 89.6 cm³/mol. The number of hydrogen-bond acceptors (Lipinski definition) is 6. The van der Waals surface area contributed by atoms with Crippen LogP contribution in [-0.2, 0) is 6.54 Å². The summed E-state index contributed by atoms with van der Waals surface area (Å²) in [7, 11) is 0. The van der Waals surface area contributed by atoms with E-state index in [9.17, 15) is 25.0 Å². The smallest absolute Gasteiger partial charge is 0.272 e. The van der Waals surface area contributed by atoms with Crippen LogP contribution in [0.1, 0.15) is 11.1 Å². The molecule has 126 valence electrons. The summed E-state index contributed by atoms with van der Waals surface area (Å²) in [5.74, 6) is 0. The normalized spacial score (nSPS) is 10.8. The second-order valence-corrected chi connectivity index (χ2v) is 5.45. The van der Waals surface area contributed by atoms with Crippen molar-refractivity contribution in [2.75, 3.05) is 0 Å². The predicted octanol–water partition coefficient (Wildman–Crippen LogP) is 2.57. The Labute approximate surface area is 140 Å². The van der Waals surface area contributed by atoms with E-state index in [1.807, 2.05) is 0 Å². The third-order valence-corrected chi connectivity index (χ3v) is 3.97. The van der Waals surface area contributed by atoms with Gasteiger partial charge in [-0.2, -0.15) is 0 Å². The second kappa shape index (κ2) is 6.11. The van der Waals surface area contributed by atoms with Gasteiger partial charge in [0, 0.05) is 23.8 Å². The zero-order valence-corrected chi connectivity index (χ0v) is 13.1. The zero-order valence-electron chi connectivity index (χ0n) is 13.1. The van der Waals surface area contributed by atoms with Crippen molar-refractivity contribution < 1.29 is 9.85 Å². The molecule has 0 unspecified atom stereocenters. The van der Waals surface area contributed by atoms with Crippen LogP contribution in [0.2, 0.25) is 0 Å². The number of rotatable bonds is 4. The summed E-state index contributed by atoms with van der Waals surface area (Å²) in [6.07, 6.45) is 1.33. The number of non-ortho nitro benzene ring substituents is 1. The van der Waals surface area contributed by atoms with Crippen LogP contribution in [0, 0.1) is 27.2 Å². The van der Waals surface area contributed by atoms with Gasteiger partial charge < -0.3 is 0 Å². The standard InChI is InChI=1S/C16H12N4O5/c1-10-11(3-2-4-15(10)20(24)25)8-18-9-17-14-6-5-12(19(22)23)7-13(14)16(18)21/h2-7,9H,8H2,1H3. The molecule has 0 fully saturated rings. The van der Waals surface area contributed by atoms with Crippen molar-refractivity contribution in [3.05, 3.63) is 84.4 Å². The number of nitrogens with zero attached hydrogens (tertiary/aromatic N) is 4. The van der Waals surface area contributed by atoms with Crippen LogP contribution in [0.4, 0.5) is 11.4 Å². The first-order chi connectivity index (χ1) is 11.9. The number of nitro benzene ring substituents is 2. The molecular formula is C16H12N4O5. The Morgan fingerprint density at radius 2 is 1.88 bits per heavy atom. The molecule has 0 aliphatic carbocycles. The molecule has 1 aromatic heterocycles. The van der Waals surface area contributed by atoms with Crippen molar-refractivity contribution in [1.29, 1.82) is 0 Å². The number of hydrogen-bond donors (Lipinski definition) is 0. The molecule has 1 heterocycles. The summed E-state index contributed by atoms with van der Waals surface area (Å²) in [5.41, 5.74) is 0.731. The zero-order chi connectivity index (χ0) is 18.1. The van der Waals surface area contributed by atoms with Gasteiger partial charge in [0.2, 0.25) is 0 Å². The Kier molecular flexibility index (Phi) is 3.97. The summed E-state index contributed by atoms with van der Waals surface area (Å²) in [6, 6.07) is 8.50. The molecule has 0 radical (unpaired) electrons. The quantitative estimate of drug-likeness (QED) is 0.531. The summed E-state index contributed by atoms with van der Waals surface area (Å²) in [6.45, 7) is 1.69. The van der Waals surface area contributed by atoms with Gasteiger partial charge in [0.25, 0.3) is 16.9 Å². The molecule has 0 spiro atoms. The van der Waals surface area contributed by atoms with Crippen LogP contribution in [0.5, 0.6) is 0 Å². The van der Waals surface area contributed by atoms with E-state index in [0.29, 0.717) is 16.6 Å². The topological polar surface area (TPSA) is 121 Å². The van der Waals surface area contributed by atoms with E-state index in [4.69, 9.17) is 0 Å². The Morgan fingerprint density at radius 3 is 2.56 bits per heavy atom. The van der Waals surface area contributed by atoms with E-state index in [1.54, 1.807) is 19.1 Å². The summed E-state index contributed by atoms with van der Waals surface area (Å²) < 4.78 is 1.28. The van der Waals surface area contributed by atoms with E-state index in [-0.39, 0.29) is 23.3 Å². The highest BCUT2D eigenvalue weighted by atomic mass is 16.6. The van der Waals surface area contributed by atoms with Crippen molar-refractivity contribution in [2.45, 2.75) is 13.5 Å². The van der Waals surface area contributed by atoms with Crippen molar-refractivity contribution in [1.82, 2.24) is 9.55 Å². The van der Waals surface area contributed by atoms with Gasteiger partial charge in [-0.15, -0.1) is 0 Å². The van der Waals surface area contributed by atoms with Crippen molar-refractivity contribution >= 4 is 22.3 Å². The van der Waals surface area contributed by atoms with Crippen LogP contribution in [0.15, 0.2) is 47.5 Å². The molecule has 0 aliphatic rings. The second-order valence-electron chi connectivity index (χ2n) is 5.45. The molecule has 3 aromatic rings. The Balaban J connectivity index is 2.10. The molecule has 0 saturated carbocycles. The van der Waals surface area contributed by atoms with Crippen molar-refractivity contribution in [2.24, 2.45) is 0 Å². The average Bonchev–Trinajstić information content (AvgIpc) is 2.58. The fourth-order valence-electron chi connectivity index (χ4n) is 2.60. The van der Waals surface area contributed by atoms with Gasteiger partial charge in [-0.3, -0.25) is 29.6 Å². The number of fused-ring (bicyclic) bond motifs is 1. The van der Waals surface area contributed by atoms with Crippen LogP contribution >= 0.6 is 0 Å². The van der Waals surface area contributed by atoms with Gasteiger partial charge >= 0.3 is 0 Å². The summed E-state index contributed by atoms with van der Waals surface area (Å²) in [4.78, 5) is 37.6. The minimum atomic E-state index is -0.582. The number of nitro groups is 2. The molecule has 9 heteroatoms. The third kappa shape index (κ3) is 2.94. The first-order valence-electron chi connectivity index (χ1n) is 7.25. The van der Waals surface area contributed by atoms with Gasteiger partial charge in [-0.05, 0) is 18.6 Å². The molecule has 0 aliphatic heterocycles. The van der Waals surface area contributed by atoms with Crippen molar-refractivity contribution in [3.63, 3.8) is 0 Å². The maximum absolute atomic E-state index is 12.6. The number of benzene rings is 2. The number of aromatic nitrogens is 2. The molecule has 0 saturated heterocycles. The van der Waals surface area contributed by atoms with Crippen LogP contribution < -0.4 is 5.56 Å². The maximum atomic E-state index is 12.6. The lowest BCUT2D eigenvalue weighted by molar-refractivity contribution is -0.385. The molecule has 3 rings (SSSR count). The molecule has 0 N–H and O–H groups in total. The summed E-state index contributed by atoms with van der Waals surface area (Å²) >= 11 is 0. The van der Waals surface area contributed by atoms with Gasteiger partial charge in [0.05, 0.1) is 33.6 Å². The van der Waals surface area contributed by atoms with Crippen molar-refractivity contribution in [3.8, 4) is 0 Å². The van der Waals surface area contributed by atoms with E-state index in [1.165, 1.54) is 35.2 Å². The van der Waals surface area contributed by atoms with E-state index in [0.717, 1.165) is 0 Å². The van der Waals surface area contributed by atoms with Gasteiger partial charge in [0.15, 0.2) is 0 Å². The summed E-state index contributed by atoms with van der Waals surface area (Å²) in [5, 5.41) is 22.0. The van der Waals surface area contributed by atoms with Crippen LogP contribution in [0.25, 0.3) is 10.9 Å². The molecule has 0 atom stereocenters. The van der Waals surface area contributed by atoms with Gasteiger partial charge in [0.1, 0.15) is 0 Å². The van der Waals surface area contributed by atoms with E-state index < -0.39 is 15.4 Å². The Morgan fingerprint density at radius 1 is 1.12 bits per heavy atom. The molecule has 0 bridgehead atoms. The highest BCUT2D eigenvalue weighted by Gasteiger charge is 2.15. The molecule has 25 heavy (non-hydrogen) atoms. The Hall–Kier alpha value is -3.62. The highest BCUT2D eigenvalue weighted by Crippen LogP contribution is 2.22. The minimum absolute atomic E-state index is 0.0325. The highest BCUT2D eigenvalue weighted by molar-refractivity contribution is 5.79. The molecular weight excluding hydrogens is 328 g/mol. The monoisotopic (exact) mass is 340 g/mol. The van der Waals surface area contributed by atoms with Gasteiger partial charge in [-0.25, -0.2) is 4.98 Å². The lowest BCUT2D eigenvalue weighted by Gasteiger charge is -2.09. The SMILES string of the molecule is Cc1c(Cn2cnc3ccc([N+](=O)[O-])cc3c2=O)cccc1[N+](=O)[O-]. The third-order valence-electron chi connectivity index (χ3n) is 3.97. The molecule has 9 nitrogen and oxygen atoms in total. The molecule has 0 amide bonds. The molecule has 2 aromatic carbocycles. The largest absolute Gasteiger partial charge is 0.294 e.